The second-order valence-electron chi connectivity index (χ2n) is 3.86. The first-order valence-corrected chi connectivity index (χ1v) is 5.50. The number of fused-ring (bicyclic) bond motifs is 1. The van der Waals surface area contributed by atoms with Gasteiger partial charge in [-0.15, -0.1) is 0 Å². The highest BCUT2D eigenvalue weighted by Crippen LogP contribution is 2.18. The average Bonchev–Trinajstić information content (AvgIpc) is 2.82. The van der Waals surface area contributed by atoms with Gasteiger partial charge in [-0.25, -0.2) is 9.97 Å². The van der Waals surface area contributed by atoms with Gasteiger partial charge in [0.25, 0.3) is 0 Å². The fourth-order valence-corrected chi connectivity index (χ4v) is 1.98. The highest BCUT2D eigenvalue weighted by atomic mass is 16.5. The Hall–Kier alpha value is -1.95. The second kappa shape index (κ2) is 4.14. The van der Waals surface area contributed by atoms with Gasteiger partial charge in [0, 0.05) is 31.7 Å². The number of rotatable bonds is 2. The van der Waals surface area contributed by atoms with Crippen molar-refractivity contribution in [3.63, 3.8) is 0 Å². The van der Waals surface area contributed by atoms with Crippen molar-refractivity contribution in [3.05, 3.63) is 24.3 Å². The Labute approximate surface area is 97.8 Å². The van der Waals surface area contributed by atoms with Crippen LogP contribution in [0.1, 0.15) is 10.5 Å². The smallest absolute Gasteiger partial charge is 0.180 e. The minimum Gasteiger partial charge on any atom is -0.378 e. The average molecular weight is 232 g/mol. The normalized spacial score (nSPS) is 16.4. The summed E-state index contributed by atoms with van der Waals surface area (Å²) >= 11 is 0. The molecule has 2 aromatic heterocycles. The summed E-state index contributed by atoms with van der Waals surface area (Å²) in [7, 11) is 0. The number of aromatic nitrogens is 3. The summed E-state index contributed by atoms with van der Waals surface area (Å²) < 4.78 is 7.13. The highest BCUT2D eigenvalue weighted by Gasteiger charge is 2.16. The molecule has 1 aliphatic heterocycles. The van der Waals surface area contributed by atoms with Crippen LogP contribution in [0.5, 0.6) is 0 Å². The molecule has 0 radical (unpaired) electrons. The second-order valence-corrected chi connectivity index (χ2v) is 3.86. The zero-order valence-electron chi connectivity index (χ0n) is 9.24. The van der Waals surface area contributed by atoms with E-state index in [0.29, 0.717) is 18.9 Å². The molecule has 2 aromatic rings. The van der Waals surface area contributed by atoms with Gasteiger partial charge in [0.05, 0.1) is 13.2 Å². The van der Waals surface area contributed by atoms with Crippen molar-refractivity contribution in [1.29, 1.82) is 0 Å². The van der Waals surface area contributed by atoms with Gasteiger partial charge in [-0.3, -0.25) is 4.79 Å². The number of hydrogen-bond donors (Lipinski definition) is 0. The number of morpholine rings is 1. The van der Waals surface area contributed by atoms with Crippen molar-refractivity contribution in [2.45, 2.75) is 0 Å². The van der Waals surface area contributed by atoms with E-state index in [1.807, 2.05) is 4.40 Å². The van der Waals surface area contributed by atoms with Gasteiger partial charge in [-0.2, -0.15) is 0 Å². The molecule has 6 heteroatoms. The molecule has 17 heavy (non-hydrogen) atoms. The van der Waals surface area contributed by atoms with Crippen LogP contribution in [-0.4, -0.2) is 47.0 Å². The van der Waals surface area contributed by atoms with Gasteiger partial charge >= 0.3 is 0 Å². The number of ether oxygens (including phenoxy) is 1. The first kappa shape index (κ1) is 10.2. The Morgan fingerprint density at radius 3 is 2.94 bits per heavy atom. The largest absolute Gasteiger partial charge is 0.378 e. The van der Waals surface area contributed by atoms with E-state index in [1.165, 1.54) is 0 Å². The van der Waals surface area contributed by atoms with E-state index >= 15 is 0 Å². The lowest BCUT2D eigenvalue weighted by atomic mass is 10.4. The van der Waals surface area contributed by atoms with Crippen LogP contribution in [-0.2, 0) is 4.74 Å². The van der Waals surface area contributed by atoms with Crippen LogP contribution in [0, 0.1) is 0 Å². The van der Waals surface area contributed by atoms with Crippen molar-refractivity contribution in [2.24, 2.45) is 0 Å². The minimum absolute atomic E-state index is 0.424. The fourth-order valence-electron chi connectivity index (χ4n) is 1.98. The number of carbonyl (C=O) groups is 1. The topological polar surface area (TPSA) is 59.7 Å². The standard InChI is InChI=1S/C11H12N4O2/c16-8-9-7-15-2-1-12-10(11(15)13-9)14-3-5-17-6-4-14/h1-2,7-8H,3-6H2. The molecule has 0 aliphatic carbocycles. The predicted molar refractivity (Wildman–Crippen MR) is 61.4 cm³/mol. The molecule has 6 nitrogen and oxygen atoms in total. The molecule has 3 heterocycles. The molecule has 88 valence electrons. The number of aldehydes is 1. The van der Waals surface area contributed by atoms with Gasteiger partial charge in [0.15, 0.2) is 17.8 Å². The summed E-state index contributed by atoms with van der Waals surface area (Å²) in [6, 6.07) is 0. The number of hydrogen-bond acceptors (Lipinski definition) is 5. The summed E-state index contributed by atoms with van der Waals surface area (Å²) in [4.78, 5) is 21.5. The molecule has 0 aromatic carbocycles. The summed E-state index contributed by atoms with van der Waals surface area (Å²) in [5.41, 5.74) is 1.14. The maximum absolute atomic E-state index is 10.7. The van der Waals surface area contributed by atoms with E-state index in [2.05, 4.69) is 14.9 Å². The van der Waals surface area contributed by atoms with Crippen LogP contribution in [0.3, 0.4) is 0 Å². The van der Waals surface area contributed by atoms with E-state index < -0.39 is 0 Å². The minimum atomic E-state index is 0.424. The Morgan fingerprint density at radius 2 is 2.18 bits per heavy atom. The fraction of sp³-hybridized carbons (Fsp3) is 0.364. The monoisotopic (exact) mass is 232 g/mol. The first-order valence-electron chi connectivity index (χ1n) is 5.50. The van der Waals surface area contributed by atoms with Crippen LogP contribution in [0.4, 0.5) is 5.82 Å². The lowest BCUT2D eigenvalue weighted by Gasteiger charge is -2.27. The third kappa shape index (κ3) is 1.76. The van der Waals surface area contributed by atoms with E-state index in [-0.39, 0.29) is 0 Å². The molecule has 0 N–H and O–H groups in total. The number of carbonyl (C=O) groups excluding carboxylic acids is 1. The molecule has 1 saturated heterocycles. The Morgan fingerprint density at radius 1 is 1.35 bits per heavy atom. The Bertz CT molecular complexity index is 545. The lowest BCUT2D eigenvalue weighted by molar-refractivity contribution is 0.111. The highest BCUT2D eigenvalue weighted by molar-refractivity contribution is 5.76. The van der Waals surface area contributed by atoms with E-state index in [9.17, 15) is 4.79 Å². The van der Waals surface area contributed by atoms with E-state index in [1.54, 1.807) is 18.6 Å². The van der Waals surface area contributed by atoms with Crippen LogP contribution >= 0.6 is 0 Å². The Kier molecular flexibility index (Phi) is 2.49. The van der Waals surface area contributed by atoms with Crippen molar-refractivity contribution in [1.82, 2.24) is 14.4 Å². The molecular weight excluding hydrogens is 220 g/mol. The van der Waals surface area contributed by atoms with Crippen LogP contribution < -0.4 is 4.90 Å². The molecule has 0 atom stereocenters. The molecule has 1 aliphatic rings. The summed E-state index contributed by atoms with van der Waals surface area (Å²) in [5.74, 6) is 0.809. The quantitative estimate of drug-likeness (QED) is 0.700. The Balaban J connectivity index is 2.08. The summed E-state index contributed by atoms with van der Waals surface area (Å²) in [6.07, 6.45) is 5.96. The molecule has 0 unspecified atom stereocenters. The molecule has 0 bridgehead atoms. The lowest BCUT2D eigenvalue weighted by Crippen LogP contribution is -2.37. The maximum atomic E-state index is 10.7. The van der Waals surface area contributed by atoms with Gasteiger partial charge < -0.3 is 14.0 Å². The third-order valence-corrected chi connectivity index (χ3v) is 2.81. The first-order chi connectivity index (χ1) is 8.38. The number of anilines is 1. The van der Waals surface area contributed by atoms with E-state index in [4.69, 9.17) is 4.74 Å². The molecular formula is C11H12N4O2. The van der Waals surface area contributed by atoms with Crippen LogP contribution in [0.25, 0.3) is 5.65 Å². The zero-order chi connectivity index (χ0) is 11.7. The van der Waals surface area contributed by atoms with Gasteiger partial charge in [0.2, 0.25) is 0 Å². The zero-order valence-corrected chi connectivity index (χ0v) is 9.24. The number of nitrogens with zero attached hydrogens (tertiary/aromatic N) is 4. The third-order valence-electron chi connectivity index (χ3n) is 2.81. The van der Waals surface area contributed by atoms with Gasteiger partial charge in [-0.1, -0.05) is 0 Å². The molecule has 1 fully saturated rings. The van der Waals surface area contributed by atoms with E-state index in [0.717, 1.165) is 30.8 Å². The van der Waals surface area contributed by atoms with Crippen molar-refractivity contribution >= 4 is 17.8 Å². The van der Waals surface area contributed by atoms with Crippen LogP contribution in [0.2, 0.25) is 0 Å². The molecule has 0 spiro atoms. The van der Waals surface area contributed by atoms with Crippen LogP contribution in [0.15, 0.2) is 18.6 Å². The van der Waals surface area contributed by atoms with Crippen molar-refractivity contribution in [2.75, 3.05) is 31.2 Å². The van der Waals surface area contributed by atoms with Gasteiger partial charge in [-0.05, 0) is 0 Å². The molecule has 0 saturated carbocycles. The summed E-state index contributed by atoms with van der Waals surface area (Å²) in [5, 5.41) is 0. The molecule has 3 rings (SSSR count). The molecule has 0 amide bonds. The SMILES string of the molecule is O=Cc1cn2ccnc(N3CCOCC3)c2n1. The van der Waals surface area contributed by atoms with Crippen molar-refractivity contribution < 1.29 is 9.53 Å². The maximum Gasteiger partial charge on any atom is 0.180 e. The van der Waals surface area contributed by atoms with Gasteiger partial charge in [0.1, 0.15) is 5.69 Å². The number of imidazole rings is 1. The predicted octanol–water partition coefficient (Wildman–Crippen LogP) is 0.378. The van der Waals surface area contributed by atoms with Crippen molar-refractivity contribution in [3.8, 4) is 0 Å². The summed E-state index contributed by atoms with van der Waals surface area (Å²) in [6.45, 7) is 3.00.